The van der Waals surface area contributed by atoms with E-state index in [1.165, 1.54) is 11.1 Å². The van der Waals surface area contributed by atoms with Crippen molar-refractivity contribution in [1.82, 2.24) is 0 Å². The maximum Gasteiger partial charge on any atom is 0.519 e. The van der Waals surface area contributed by atoms with Gasteiger partial charge in [0.05, 0.1) is 39.2 Å². The summed E-state index contributed by atoms with van der Waals surface area (Å²) < 4.78 is 81.7. The van der Waals surface area contributed by atoms with Crippen molar-refractivity contribution < 1.29 is 93.2 Å². The van der Waals surface area contributed by atoms with E-state index in [1.54, 1.807) is 28.1 Å². The summed E-state index contributed by atoms with van der Waals surface area (Å²) >= 11 is 9.53. The Bertz CT molecular complexity index is 4390. The number of benzene rings is 2. The van der Waals surface area contributed by atoms with E-state index >= 15 is 4.79 Å². The van der Waals surface area contributed by atoms with Crippen LogP contribution in [0.15, 0.2) is 111 Å². The third-order valence-corrected chi connectivity index (χ3v) is 31.7. The van der Waals surface area contributed by atoms with Gasteiger partial charge >= 0.3 is 41.7 Å². The van der Waals surface area contributed by atoms with Gasteiger partial charge in [-0.05, 0) is 247 Å². The molecule has 4 aromatic rings. The van der Waals surface area contributed by atoms with Crippen LogP contribution in [0.4, 0.5) is 13.2 Å². The first kappa shape index (κ1) is 86.0. The second kappa shape index (κ2) is 31.0. The van der Waals surface area contributed by atoms with E-state index in [9.17, 15) is 51.8 Å². The Morgan fingerprint density at radius 3 is 1.22 bits per heavy atom. The first-order valence-electron chi connectivity index (χ1n) is 39.6. The quantitative estimate of drug-likeness (QED) is 0.0564. The third kappa shape index (κ3) is 14.3. The monoisotopic (exact) mass is 1600 g/mol. The largest absolute Gasteiger partial charge is 0.519 e. The van der Waals surface area contributed by atoms with E-state index in [0.717, 1.165) is 94.6 Å². The van der Waals surface area contributed by atoms with E-state index in [-0.39, 0.29) is 127 Å². The van der Waals surface area contributed by atoms with Crippen molar-refractivity contribution in [3.63, 3.8) is 0 Å². The number of carboxylic acid groups (broad SMARTS) is 1. The molecule has 2 aromatic heterocycles. The van der Waals surface area contributed by atoms with Gasteiger partial charge in [0.25, 0.3) is 0 Å². The molecule has 8 saturated carbocycles. The molecule has 0 radical (unpaired) electrons. The Balaban J connectivity index is 0.000000205. The lowest BCUT2D eigenvalue weighted by molar-refractivity contribution is -0.221. The lowest BCUT2D eigenvalue weighted by atomic mass is 9.33. The number of rotatable bonds is 13. The SMILES string of the molecule is CO[C@H]1CC[C@@]2(C)[C@@H](CC[C@]3(C)[C@@H]2C(=O)C=C2[C@@H]4C[C@@](C)(C(=O)O)CC[C@]4(C)CC[C@]23C)[C@]1(C)C(=O)OCc1oc(=O)oc1C.CO[C@H]1CC[C@@]2(C)[C@@H](CC[C@]3(C)[C@@H]2C(=O)C=C2[C@@H]4C[C@@](C)(C(=O)OC(c5ccccc5)c5ccccc5)CC[C@]4(C)CC[C@]23C)[C@]1(C)C(=O)OCc1oc(=O)oc1C.ClCCl.O=CC(F)(F)F. The molecule has 19 nitrogen and oxygen atoms in total. The van der Waals surface area contributed by atoms with Crippen LogP contribution >= 0.6 is 23.2 Å². The van der Waals surface area contributed by atoms with Crippen molar-refractivity contribution >= 4 is 64.9 Å². The van der Waals surface area contributed by atoms with Crippen molar-refractivity contribution in [2.24, 2.45) is 100 Å². The molecule has 1 N–H and O–H groups in total. The van der Waals surface area contributed by atoms with Crippen LogP contribution in [0.5, 0.6) is 0 Å². The third-order valence-electron chi connectivity index (χ3n) is 31.7. The number of fused-ring (bicyclic) bond motifs is 14. The summed E-state index contributed by atoms with van der Waals surface area (Å²) in [5.74, 6) is -3.15. The van der Waals surface area contributed by atoms with Crippen LogP contribution in [0.3, 0.4) is 0 Å². The molecule has 0 unspecified atom stereocenters. The number of ketones is 2. The van der Waals surface area contributed by atoms with Crippen LogP contribution < -0.4 is 11.6 Å². The molecule has 0 spiro atoms. The van der Waals surface area contributed by atoms with E-state index < -0.39 is 92.8 Å². The van der Waals surface area contributed by atoms with E-state index in [0.29, 0.717) is 32.1 Å². The first-order valence-corrected chi connectivity index (χ1v) is 40.7. The summed E-state index contributed by atoms with van der Waals surface area (Å²) in [5, 5.41) is 10.4. The summed E-state index contributed by atoms with van der Waals surface area (Å²) in [4.78, 5) is 117. The van der Waals surface area contributed by atoms with Gasteiger partial charge < -0.3 is 46.5 Å². The number of alkyl halides is 5. The zero-order valence-corrected chi connectivity index (χ0v) is 69.2. The van der Waals surface area contributed by atoms with E-state index in [1.807, 2.05) is 93.6 Å². The zero-order chi connectivity index (χ0) is 82.3. The zero-order valence-electron chi connectivity index (χ0n) is 67.7. The molecule has 2 heterocycles. The van der Waals surface area contributed by atoms with Crippen molar-refractivity contribution in [3.8, 4) is 0 Å². The minimum atomic E-state index is -4.64. The summed E-state index contributed by atoms with van der Waals surface area (Å²) in [5.41, 5.74) is -1.67. The highest BCUT2D eigenvalue weighted by atomic mass is 35.5. The topological polar surface area (TPSA) is 273 Å². The van der Waals surface area contributed by atoms with Gasteiger partial charge in [-0.15, -0.1) is 23.2 Å². The predicted molar refractivity (Wildman–Crippen MR) is 410 cm³/mol. The van der Waals surface area contributed by atoms with Gasteiger partial charge in [-0.1, -0.05) is 127 Å². The molecule has 10 aliphatic carbocycles. The highest BCUT2D eigenvalue weighted by Gasteiger charge is 2.75. The van der Waals surface area contributed by atoms with E-state index in [4.69, 9.17) is 69.3 Å². The van der Waals surface area contributed by atoms with Crippen molar-refractivity contribution in [2.45, 2.75) is 250 Å². The number of aliphatic carboxylic acids is 1. The van der Waals surface area contributed by atoms with Crippen LogP contribution in [-0.2, 0) is 70.5 Å². The number of carboxylic acids is 1. The van der Waals surface area contributed by atoms with Crippen molar-refractivity contribution in [2.75, 3.05) is 19.6 Å². The number of allylic oxidation sites excluding steroid dienone is 4. The molecule has 112 heavy (non-hydrogen) atoms. The fraction of sp³-hybridized carbons (Fsp3) is 0.670. The number of carbonyl (C=O) groups excluding carboxylic acids is 6. The van der Waals surface area contributed by atoms with Crippen LogP contribution in [0, 0.1) is 114 Å². The Labute approximate surface area is 664 Å². The number of methoxy groups -OCH3 is 2. The number of aldehydes is 1. The number of hydrogen-bond donors (Lipinski definition) is 1. The van der Waals surface area contributed by atoms with E-state index in [2.05, 4.69) is 62.3 Å². The summed E-state index contributed by atoms with van der Waals surface area (Å²) in [7, 11) is 3.27. The summed E-state index contributed by atoms with van der Waals surface area (Å²) in [6.45, 7) is 29.0. The highest BCUT2D eigenvalue weighted by molar-refractivity contribution is 6.40. The molecule has 614 valence electrons. The minimum absolute atomic E-state index is 0.0176. The van der Waals surface area contributed by atoms with Gasteiger partial charge in [-0.25, -0.2) is 9.59 Å². The van der Waals surface area contributed by atoms with Gasteiger partial charge in [0, 0.05) is 26.1 Å². The molecular weight excluding hydrogens is 1490 g/mol. The summed E-state index contributed by atoms with van der Waals surface area (Å²) in [6, 6.07) is 19.9. The number of aryl methyl sites for hydroxylation is 2. The molecule has 0 amide bonds. The second-order valence-electron chi connectivity index (χ2n) is 37.3. The Morgan fingerprint density at radius 1 is 0.527 bits per heavy atom. The number of halogens is 5. The molecule has 0 saturated heterocycles. The van der Waals surface area contributed by atoms with Gasteiger partial charge in [0.15, 0.2) is 53.9 Å². The Morgan fingerprint density at radius 2 is 0.884 bits per heavy atom. The number of carbonyl (C=O) groups is 7. The fourth-order valence-corrected chi connectivity index (χ4v) is 24.8. The molecule has 0 bridgehead atoms. The van der Waals surface area contributed by atoms with Crippen molar-refractivity contribution in [1.29, 1.82) is 0 Å². The van der Waals surface area contributed by atoms with Crippen LogP contribution in [0.25, 0.3) is 0 Å². The smallest absolute Gasteiger partial charge is 0.481 e. The predicted octanol–water partition coefficient (Wildman–Crippen LogP) is 18.7. The normalized spacial score (nSPS) is 38.9. The molecular formula is C88H113Cl2F3O19. The highest BCUT2D eigenvalue weighted by Crippen LogP contribution is 2.78. The molecule has 20 atom stereocenters. The van der Waals surface area contributed by atoms with Gasteiger partial charge in [0.2, 0.25) is 6.29 Å². The van der Waals surface area contributed by atoms with Crippen LogP contribution in [-0.4, -0.2) is 84.8 Å². The first-order chi connectivity index (χ1) is 52.3. The Kier molecular flexibility index (Phi) is 23.8. The maximum atomic E-state index is 15.1. The van der Waals surface area contributed by atoms with Gasteiger partial charge in [-0.3, -0.25) is 33.6 Å². The molecule has 8 fully saturated rings. The van der Waals surface area contributed by atoms with Crippen LogP contribution in [0.2, 0.25) is 0 Å². The number of esters is 3. The standard InChI is InChI=1S/C49H60O9.C36H50O9.C2HF3O.CH2Cl2/c1-30-36(57-43(53)56-30)29-55-42(52)49(7)37-19-22-48(6)40(46(37,4)21-20-38(49)54-8)35(50)27-33-34-28-45(3,24-23-44(34,2)25-26-47(33,48)5)41(51)58-39(31-15-11-9-12-16-31)32-17-13-10-14-18-32;1-20-24(45-30(41)44-20)19-43-29(40)36(7)25-9-12-35(6)27(33(25,4)11-10-26(36)42-8)23(37)17-21-22-18-32(3,28(38)39)14-13-31(22,2)15-16-34(21,35)5;3-2(4,5)1-6;2-1-3/h9-18,27,34,37-40H,19-26,28-29H2,1-8H3;17,22,25-27H,9-16,18-19H2,1-8H3,(H,38,39);1H;1H2/t34-,37+,38-,40+,44+,45-,46-,47+,48+,49-;22-,25+,26-,27+,31+,32-,33-,34+,35+,36-;;/m00../s1. The number of ether oxygens (including phenoxy) is 5. The Hall–Kier alpha value is -6.88. The summed E-state index contributed by atoms with van der Waals surface area (Å²) in [6.07, 6.45) is 10.9. The molecule has 0 aliphatic heterocycles. The lowest BCUT2D eigenvalue weighted by Crippen LogP contribution is -2.68. The maximum absolute atomic E-state index is 15.1. The average Bonchev–Trinajstić information content (AvgIpc) is 0.737. The van der Waals surface area contributed by atoms with Gasteiger partial charge in [-0.2, -0.15) is 13.2 Å². The minimum Gasteiger partial charge on any atom is -0.481 e. The number of hydrogen-bond acceptors (Lipinski definition) is 18. The fourth-order valence-electron chi connectivity index (χ4n) is 24.8. The molecule has 14 rings (SSSR count). The average molecular weight is 1600 g/mol. The molecule has 10 aliphatic rings. The second-order valence-corrected chi connectivity index (χ2v) is 38.1. The lowest BCUT2D eigenvalue weighted by Gasteiger charge is -2.70. The van der Waals surface area contributed by atoms with Crippen molar-refractivity contribution in [3.05, 3.63) is 139 Å². The molecule has 2 aromatic carbocycles. The van der Waals surface area contributed by atoms with Gasteiger partial charge in [0.1, 0.15) is 0 Å². The molecule has 24 heteroatoms. The van der Waals surface area contributed by atoms with Crippen LogP contribution in [0.1, 0.15) is 239 Å².